The largest absolute Gasteiger partial charge is 0.469 e. The Kier molecular flexibility index (Phi) is 4.66. The van der Waals surface area contributed by atoms with E-state index in [2.05, 4.69) is 4.52 Å². The van der Waals surface area contributed by atoms with Crippen LogP contribution in [0.4, 0.5) is 22.0 Å². The van der Waals surface area contributed by atoms with E-state index in [0.717, 1.165) is 0 Å². The Hall–Kier alpha value is -0.240. The van der Waals surface area contributed by atoms with E-state index in [0.29, 0.717) is 0 Å². The van der Waals surface area contributed by atoms with Crippen LogP contribution in [-0.2, 0) is 9.09 Å². The van der Waals surface area contributed by atoms with Crippen molar-refractivity contribution in [3.05, 3.63) is 0 Å². The lowest BCUT2D eigenvalue weighted by Crippen LogP contribution is -2.36. The molecule has 0 aliphatic carbocycles. The van der Waals surface area contributed by atoms with Crippen molar-refractivity contribution in [1.82, 2.24) is 0 Å². The molecule has 0 heterocycles. The quantitative estimate of drug-likeness (QED) is 0.450. The molecule has 0 amide bonds. The molecule has 0 radical (unpaired) electrons. The highest BCUT2D eigenvalue weighted by Crippen LogP contribution is 2.40. The van der Waals surface area contributed by atoms with E-state index in [1.165, 1.54) is 0 Å². The van der Waals surface area contributed by atoms with E-state index in [1.54, 1.807) is 0 Å². The summed E-state index contributed by atoms with van der Waals surface area (Å²) in [6.45, 7) is -0.865. The van der Waals surface area contributed by atoms with Gasteiger partial charge >= 0.3 is 19.9 Å². The zero-order valence-corrected chi connectivity index (χ0v) is 8.06. The standard InChI is InChI=1S/C5H8F5O4P/c6-4(7,5(8,9)10)2-1-3-14-15(11,12)13/h1-3H2,(H2,11,12,13). The minimum absolute atomic E-state index is 0.808. The molecule has 0 aromatic carbocycles. The molecule has 92 valence electrons. The maximum atomic E-state index is 12.2. The summed E-state index contributed by atoms with van der Waals surface area (Å²) in [4.78, 5) is 16.2. The minimum Gasteiger partial charge on any atom is -0.303 e. The highest BCUT2D eigenvalue weighted by atomic mass is 31.2. The third-order valence-electron chi connectivity index (χ3n) is 1.31. The molecule has 0 unspecified atom stereocenters. The van der Waals surface area contributed by atoms with E-state index >= 15 is 0 Å². The Morgan fingerprint density at radius 1 is 1.13 bits per heavy atom. The predicted octanol–water partition coefficient (Wildman–Crippen LogP) is 2.07. The van der Waals surface area contributed by atoms with E-state index in [1.807, 2.05) is 0 Å². The fourth-order valence-corrected chi connectivity index (χ4v) is 0.986. The Bertz CT molecular complexity index is 246. The summed E-state index contributed by atoms with van der Waals surface area (Å²) >= 11 is 0. The first-order valence-corrected chi connectivity index (χ1v) is 5.13. The van der Waals surface area contributed by atoms with Crippen LogP contribution in [0.3, 0.4) is 0 Å². The van der Waals surface area contributed by atoms with Crippen molar-refractivity contribution < 1.29 is 40.8 Å². The summed E-state index contributed by atoms with van der Waals surface area (Å²) in [5.74, 6) is -4.87. The van der Waals surface area contributed by atoms with Gasteiger partial charge in [0.05, 0.1) is 6.61 Å². The van der Waals surface area contributed by atoms with Gasteiger partial charge in [0.2, 0.25) is 0 Å². The molecular formula is C5H8F5O4P. The van der Waals surface area contributed by atoms with Crippen LogP contribution >= 0.6 is 7.82 Å². The van der Waals surface area contributed by atoms with Crippen molar-refractivity contribution in [3.63, 3.8) is 0 Å². The van der Waals surface area contributed by atoms with Gasteiger partial charge < -0.3 is 9.79 Å². The van der Waals surface area contributed by atoms with Crippen LogP contribution < -0.4 is 0 Å². The number of phosphoric acid groups is 1. The topological polar surface area (TPSA) is 66.8 Å². The maximum Gasteiger partial charge on any atom is 0.469 e. The summed E-state index contributed by atoms with van der Waals surface area (Å²) in [5, 5.41) is 0. The van der Waals surface area contributed by atoms with Crippen molar-refractivity contribution in [1.29, 1.82) is 0 Å². The highest BCUT2D eigenvalue weighted by Gasteiger charge is 2.56. The molecule has 0 spiro atoms. The van der Waals surface area contributed by atoms with Gasteiger partial charge in [-0.05, 0) is 6.42 Å². The fourth-order valence-electron chi connectivity index (χ4n) is 0.619. The first-order chi connectivity index (χ1) is 6.46. The predicted molar refractivity (Wildman–Crippen MR) is 38.2 cm³/mol. The van der Waals surface area contributed by atoms with Crippen LogP contribution in [0.15, 0.2) is 0 Å². The third kappa shape index (κ3) is 6.03. The van der Waals surface area contributed by atoms with Crippen LogP contribution in [-0.4, -0.2) is 28.5 Å². The first-order valence-electron chi connectivity index (χ1n) is 3.60. The summed E-state index contributed by atoms with van der Waals surface area (Å²) < 4.78 is 72.7. The average molecular weight is 258 g/mol. The van der Waals surface area contributed by atoms with Crippen molar-refractivity contribution in [2.24, 2.45) is 0 Å². The molecule has 0 aromatic heterocycles. The van der Waals surface area contributed by atoms with Gasteiger partial charge in [0.1, 0.15) is 0 Å². The zero-order chi connectivity index (χ0) is 12.3. The molecule has 10 heteroatoms. The number of hydrogen-bond acceptors (Lipinski definition) is 2. The van der Waals surface area contributed by atoms with Crippen LogP contribution in [0.25, 0.3) is 0 Å². The minimum atomic E-state index is -5.66. The second-order valence-corrected chi connectivity index (χ2v) is 3.87. The molecule has 0 aromatic rings. The SMILES string of the molecule is O=P(O)(O)OCCCC(F)(F)C(F)(F)F. The fraction of sp³-hybridized carbons (Fsp3) is 1.00. The molecular weight excluding hydrogens is 250 g/mol. The van der Waals surface area contributed by atoms with E-state index < -0.39 is 39.4 Å². The molecule has 0 aliphatic heterocycles. The number of rotatable bonds is 5. The molecule has 0 saturated heterocycles. The molecule has 0 fully saturated rings. The molecule has 0 atom stereocenters. The normalized spacial score (nSPS) is 14.3. The van der Waals surface area contributed by atoms with Crippen molar-refractivity contribution in [2.75, 3.05) is 6.61 Å². The van der Waals surface area contributed by atoms with E-state index in [9.17, 15) is 26.5 Å². The van der Waals surface area contributed by atoms with Crippen molar-refractivity contribution >= 4 is 7.82 Å². The Morgan fingerprint density at radius 3 is 1.93 bits per heavy atom. The zero-order valence-electron chi connectivity index (χ0n) is 7.17. The average Bonchev–Trinajstić information content (AvgIpc) is 1.94. The molecule has 15 heavy (non-hydrogen) atoms. The lowest BCUT2D eigenvalue weighted by molar-refractivity contribution is -0.284. The monoisotopic (exact) mass is 258 g/mol. The lowest BCUT2D eigenvalue weighted by Gasteiger charge is -2.19. The number of alkyl halides is 5. The van der Waals surface area contributed by atoms with Gasteiger partial charge in [0.25, 0.3) is 0 Å². The van der Waals surface area contributed by atoms with E-state index in [4.69, 9.17) is 9.79 Å². The first kappa shape index (κ1) is 14.8. The van der Waals surface area contributed by atoms with Gasteiger partial charge in [0, 0.05) is 6.42 Å². The van der Waals surface area contributed by atoms with Crippen LogP contribution in [0.2, 0.25) is 0 Å². The molecule has 0 rings (SSSR count). The van der Waals surface area contributed by atoms with Gasteiger partial charge in [-0.1, -0.05) is 0 Å². The van der Waals surface area contributed by atoms with Gasteiger partial charge in [0.15, 0.2) is 0 Å². The molecule has 0 aliphatic rings. The third-order valence-corrected chi connectivity index (χ3v) is 1.83. The maximum absolute atomic E-state index is 12.2. The molecule has 0 bridgehead atoms. The summed E-state index contributed by atoms with van der Waals surface area (Å²) in [6, 6.07) is 0. The smallest absolute Gasteiger partial charge is 0.303 e. The van der Waals surface area contributed by atoms with Crippen LogP contribution in [0.1, 0.15) is 12.8 Å². The Labute approximate surface area is 81.3 Å². The van der Waals surface area contributed by atoms with Crippen molar-refractivity contribution in [3.8, 4) is 0 Å². The number of phosphoric ester groups is 1. The highest BCUT2D eigenvalue weighted by molar-refractivity contribution is 7.46. The van der Waals surface area contributed by atoms with Crippen LogP contribution in [0, 0.1) is 0 Å². The number of halogens is 5. The van der Waals surface area contributed by atoms with E-state index in [-0.39, 0.29) is 0 Å². The molecule has 0 saturated carbocycles. The molecule has 2 N–H and O–H groups in total. The summed E-state index contributed by atoms with van der Waals surface area (Å²) in [5.41, 5.74) is 0. The van der Waals surface area contributed by atoms with Crippen LogP contribution in [0.5, 0.6) is 0 Å². The van der Waals surface area contributed by atoms with Crippen molar-refractivity contribution in [2.45, 2.75) is 24.9 Å². The van der Waals surface area contributed by atoms with Gasteiger partial charge in [-0.15, -0.1) is 0 Å². The van der Waals surface area contributed by atoms with Gasteiger partial charge in [-0.3, -0.25) is 4.52 Å². The van der Waals surface area contributed by atoms with Gasteiger partial charge in [-0.2, -0.15) is 22.0 Å². The summed E-state index contributed by atoms with van der Waals surface area (Å²) in [6.07, 6.45) is -8.04. The number of hydrogen-bond donors (Lipinski definition) is 2. The Morgan fingerprint density at radius 2 is 1.60 bits per heavy atom. The second-order valence-electron chi connectivity index (χ2n) is 2.63. The lowest BCUT2D eigenvalue weighted by atomic mass is 10.2. The Balaban J connectivity index is 3.92. The summed E-state index contributed by atoms with van der Waals surface area (Å²) in [7, 11) is -4.81. The molecule has 4 nitrogen and oxygen atoms in total. The second kappa shape index (κ2) is 4.73. The van der Waals surface area contributed by atoms with Gasteiger partial charge in [-0.25, -0.2) is 4.57 Å².